The largest absolute Gasteiger partial charge is 0.390 e. The van der Waals surface area contributed by atoms with E-state index in [2.05, 4.69) is 16.9 Å². The third-order valence-electron chi connectivity index (χ3n) is 1.23. The number of nitrogens with two attached hydrogens (primary N) is 1. The van der Waals surface area contributed by atoms with Crippen molar-refractivity contribution >= 4 is 5.96 Å². The molecule has 0 bridgehead atoms. The van der Waals surface area contributed by atoms with E-state index in [0.29, 0.717) is 6.54 Å². The molecule has 0 aromatic rings. The number of hydrogen-bond donors (Lipinski definition) is 2. The second kappa shape index (κ2) is 5.51. The van der Waals surface area contributed by atoms with E-state index >= 15 is 0 Å². The molecule has 82 valence electrons. The van der Waals surface area contributed by atoms with Crippen molar-refractivity contribution < 1.29 is 13.2 Å². The summed E-state index contributed by atoms with van der Waals surface area (Å²) in [5.74, 6) is 0.0113. The number of nitrogens with one attached hydrogen (secondary N) is 1. The molecule has 0 fully saturated rings. The molecule has 0 aromatic carbocycles. The summed E-state index contributed by atoms with van der Waals surface area (Å²) in [6.45, 7) is 5.40. The fraction of sp³-hybridized carbons (Fsp3) is 0.625. The summed E-state index contributed by atoms with van der Waals surface area (Å²) < 4.78 is 35.1. The lowest BCUT2D eigenvalue weighted by Gasteiger charge is -2.07. The molecule has 0 saturated heterocycles. The number of aliphatic imine (C=N–C) groups is 1. The topological polar surface area (TPSA) is 50.4 Å². The van der Waals surface area contributed by atoms with E-state index in [1.54, 1.807) is 6.92 Å². The molecular weight excluding hydrogens is 195 g/mol. The van der Waals surface area contributed by atoms with Gasteiger partial charge < -0.3 is 11.1 Å². The maximum absolute atomic E-state index is 11.7. The second-order valence-corrected chi connectivity index (χ2v) is 2.95. The van der Waals surface area contributed by atoms with Gasteiger partial charge in [-0.3, -0.25) is 0 Å². The van der Waals surface area contributed by atoms with Crippen molar-refractivity contribution in [1.82, 2.24) is 5.32 Å². The first-order chi connectivity index (χ1) is 6.31. The predicted octanol–water partition coefficient (Wildman–Crippen LogP) is 1.42. The Morgan fingerprint density at radius 3 is 2.50 bits per heavy atom. The third-order valence-corrected chi connectivity index (χ3v) is 1.23. The third kappa shape index (κ3) is 8.89. The molecule has 6 heteroatoms. The summed E-state index contributed by atoms with van der Waals surface area (Å²) in [7, 11) is 0. The quantitative estimate of drug-likeness (QED) is 0.418. The van der Waals surface area contributed by atoms with Gasteiger partial charge >= 0.3 is 6.18 Å². The number of hydrogen-bond acceptors (Lipinski definition) is 1. The molecule has 14 heavy (non-hydrogen) atoms. The van der Waals surface area contributed by atoms with E-state index in [9.17, 15) is 13.2 Å². The highest BCUT2D eigenvalue weighted by Gasteiger charge is 2.26. The van der Waals surface area contributed by atoms with Crippen molar-refractivity contribution in [2.45, 2.75) is 19.5 Å². The average Bonchev–Trinajstić information content (AvgIpc) is 1.98. The Kier molecular flexibility index (Phi) is 5.04. The summed E-state index contributed by atoms with van der Waals surface area (Å²) in [5, 5.41) is 2.36. The highest BCUT2D eigenvalue weighted by molar-refractivity contribution is 5.77. The zero-order valence-corrected chi connectivity index (χ0v) is 7.99. The minimum Gasteiger partial charge on any atom is -0.370 e. The molecule has 0 spiro atoms. The molecule has 0 aliphatic rings. The monoisotopic (exact) mass is 209 g/mol. The lowest BCUT2D eigenvalue weighted by atomic mass is 10.4. The standard InChI is InChI=1S/C8H14F3N3/c1-6(2)5-14-7(12)13-4-3-8(9,10)11/h1,3-5H2,2H3,(H3,12,13,14). The molecule has 0 radical (unpaired) electrons. The van der Waals surface area contributed by atoms with Crippen LogP contribution in [0.3, 0.4) is 0 Å². The Hall–Kier alpha value is -1.20. The summed E-state index contributed by atoms with van der Waals surface area (Å²) in [6, 6.07) is 0. The highest BCUT2D eigenvalue weighted by atomic mass is 19.4. The van der Waals surface area contributed by atoms with Crippen molar-refractivity contribution in [3.63, 3.8) is 0 Å². The first kappa shape index (κ1) is 12.8. The number of halogens is 3. The first-order valence-corrected chi connectivity index (χ1v) is 4.06. The molecule has 0 heterocycles. The maximum atomic E-state index is 11.7. The molecule has 0 unspecified atom stereocenters. The van der Waals surface area contributed by atoms with Crippen molar-refractivity contribution in [1.29, 1.82) is 0 Å². The average molecular weight is 209 g/mol. The van der Waals surface area contributed by atoms with Crippen LogP contribution in [0.4, 0.5) is 13.2 Å². The first-order valence-electron chi connectivity index (χ1n) is 4.06. The van der Waals surface area contributed by atoms with Gasteiger partial charge in [-0.2, -0.15) is 13.2 Å². The van der Waals surface area contributed by atoms with Gasteiger partial charge in [-0.25, -0.2) is 4.99 Å². The van der Waals surface area contributed by atoms with E-state index in [-0.39, 0.29) is 12.5 Å². The molecule has 3 nitrogen and oxygen atoms in total. The molecule has 0 aliphatic heterocycles. The Morgan fingerprint density at radius 1 is 1.50 bits per heavy atom. The van der Waals surface area contributed by atoms with E-state index in [4.69, 9.17) is 5.73 Å². The highest BCUT2D eigenvalue weighted by Crippen LogP contribution is 2.17. The number of alkyl halides is 3. The van der Waals surface area contributed by atoms with Crippen molar-refractivity contribution in [2.24, 2.45) is 10.7 Å². The zero-order chi connectivity index (χ0) is 11.2. The van der Waals surface area contributed by atoms with Crippen LogP contribution < -0.4 is 11.1 Å². The van der Waals surface area contributed by atoms with Crippen molar-refractivity contribution in [3.05, 3.63) is 12.2 Å². The summed E-state index contributed by atoms with van der Waals surface area (Å²) in [5.41, 5.74) is 6.08. The van der Waals surface area contributed by atoms with Gasteiger partial charge in [0.2, 0.25) is 0 Å². The minimum atomic E-state index is -4.17. The van der Waals surface area contributed by atoms with Crippen LogP contribution in [0.2, 0.25) is 0 Å². The summed E-state index contributed by atoms with van der Waals surface area (Å²) >= 11 is 0. The second-order valence-electron chi connectivity index (χ2n) is 2.95. The van der Waals surface area contributed by atoms with E-state index < -0.39 is 12.6 Å². The van der Waals surface area contributed by atoms with Crippen molar-refractivity contribution in [3.8, 4) is 0 Å². The van der Waals surface area contributed by atoms with Crippen LogP contribution in [-0.4, -0.2) is 25.2 Å². The van der Waals surface area contributed by atoms with Crippen LogP contribution in [0, 0.1) is 0 Å². The van der Waals surface area contributed by atoms with Gasteiger partial charge in [0.1, 0.15) is 0 Å². The number of guanidine groups is 1. The SMILES string of the molecule is C=C(C)CN=C(N)NCCC(F)(F)F. The normalized spacial score (nSPS) is 12.7. The fourth-order valence-corrected chi connectivity index (χ4v) is 0.608. The smallest absolute Gasteiger partial charge is 0.370 e. The van der Waals surface area contributed by atoms with Crippen LogP contribution in [0.1, 0.15) is 13.3 Å². The Bertz CT molecular complexity index is 220. The number of nitrogens with zero attached hydrogens (tertiary/aromatic N) is 1. The van der Waals surface area contributed by atoms with Crippen LogP contribution >= 0.6 is 0 Å². The van der Waals surface area contributed by atoms with Crippen LogP contribution in [0.5, 0.6) is 0 Å². The van der Waals surface area contributed by atoms with Crippen LogP contribution in [-0.2, 0) is 0 Å². The van der Waals surface area contributed by atoms with Gasteiger partial charge in [0.05, 0.1) is 13.0 Å². The predicted molar refractivity (Wildman–Crippen MR) is 50.0 cm³/mol. The van der Waals surface area contributed by atoms with Gasteiger partial charge in [0, 0.05) is 6.54 Å². The van der Waals surface area contributed by atoms with Gasteiger partial charge in [-0.1, -0.05) is 12.2 Å². The van der Waals surface area contributed by atoms with E-state index in [1.165, 1.54) is 0 Å². The van der Waals surface area contributed by atoms with E-state index in [1.807, 2.05) is 0 Å². The van der Waals surface area contributed by atoms with Crippen LogP contribution in [0.25, 0.3) is 0 Å². The fourth-order valence-electron chi connectivity index (χ4n) is 0.608. The Morgan fingerprint density at radius 2 is 2.07 bits per heavy atom. The molecule has 0 atom stereocenters. The molecule has 3 N–H and O–H groups in total. The maximum Gasteiger partial charge on any atom is 0.390 e. The lowest BCUT2D eigenvalue weighted by molar-refractivity contribution is -0.132. The number of rotatable bonds is 4. The van der Waals surface area contributed by atoms with Crippen molar-refractivity contribution in [2.75, 3.05) is 13.1 Å². The van der Waals surface area contributed by atoms with Gasteiger partial charge in [0.15, 0.2) is 5.96 Å². The Balaban J connectivity index is 3.69. The molecule has 0 rings (SSSR count). The molecule has 0 aliphatic carbocycles. The Labute approximate surface area is 80.9 Å². The summed E-state index contributed by atoms with van der Waals surface area (Å²) in [4.78, 5) is 3.76. The molecule has 0 amide bonds. The molecular formula is C8H14F3N3. The lowest BCUT2D eigenvalue weighted by Crippen LogP contribution is -2.34. The molecule has 0 aromatic heterocycles. The van der Waals surface area contributed by atoms with Crippen LogP contribution in [0.15, 0.2) is 17.1 Å². The van der Waals surface area contributed by atoms with Gasteiger partial charge in [-0.05, 0) is 6.92 Å². The van der Waals surface area contributed by atoms with Gasteiger partial charge in [0.25, 0.3) is 0 Å². The van der Waals surface area contributed by atoms with Gasteiger partial charge in [-0.15, -0.1) is 0 Å². The van der Waals surface area contributed by atoms with E-state index in [0.717, 1.165) is 5.57 Å². The molecule has 0 saturated carbocycles. The minimum absolute atomic E-state index is 0.0113. The zero-order valence-electron chi connectivity index (χ0n) is 7.99. The summed E-state index contributed by atoms with van der Waals surface area (Å²) in [6.07, 6.45) is -5.09.